The molecule has 1 fully saturated rings. The van der Waals surface area contributed by atoms with Crippen LogP contribution in [0.5, 0.6) is 5.75 Å². The monoisotopic (exact) mass is 369 g/mol. The molecule has 1 saturated carbocycles. The number of pyridine rings is 1. The highest BCUT2D eigenvalue weighted by Gasteiger charge is 2.29. The van der Waals surface area contributed by atoms with Gasteiger partial charge in [0.25, 0.3) is 0 Å². The first kappa shape index (κ1) is 17.0. The number of rotatable bonds is 5. The minimum absolute atomic E-state index is 0.371. The van der Waals surface area contributed by atoms with Crippen LogP contribution in [0.15, 0.2) is 52.8 Å². The molecule has 0 aliphatic heterocycles. The molecule has 0 N–H and O–H groups in total. The summed E-state index contributed by atoms with van der Waals surface area (Å²) < 4.78 is 32.9. The van der Waals surface area contributed by atoms with Crippen molar-refractivity contribution in [2.24, 2.45) is 0 Å². The smallest absolute Gasteiger partial charge is 0.161 e. The Morgan fingerprint density at radius 3 is 2.46 bits per heavy atom. The van der Waals surface area contributed by atoms with Crippen molar-refractivity contribution in [1.29, 1.82) is 0 Å². The fraction of sp³-hybridized carbons (Fsp3) is 0.190. The first-order valence-corrected chi connectivity index (χ1v) is 9.19. The Hall–Kier alpha value is -2.40. The van der Waals surface area contributed by atoms with Gasteiger partial charge in [-0.3, -0.25) is 4.98 Å². The second kappa shape index (κ2) is 6.72. The minimum atomic E-state index is -0.876. The van der Waals surface area contributed by atoms with Crippen LogP contribution in [-0.2, 0) is 0 Å². The van der Waals surface area contributed by atoms with Crippen molar-refractivity contribution < 1.29 is 13.5 Å². The Balaban J connectivity index is 1.91. The molecule has 0 unspecified atom stereocenters. The molecule has 4 rings (SSSR count). The van der Waals surface area contributed by atoms with E-state index in [1.54, 1.807) is 13.2 Å². The standard InChI is InChI=1S/C21H17F2NOS/c1-3-15-20(12-4-5-12)24-19-11-18(23)17(22)10-16(19)21(15)26-14-8-6-13(25-2)7-9-14/h3,6-12H,1,4-5H2,2H3. The number of fused-ring (bicyclic) bond motifs is 1. The lowest BCUT2D eigenvalue weighted by atomic mass is 10.1. The molecule has 0 atom stereocenters. The van der Waals surface area contributed by atoms with E-state index in [0.29, 0.717) is 16.8 Å². The van der Waals surface area contributed by atoms with Crippen molar-refractivity contribution in [2.75, 3.05) is 7.11 Å². The molecule has 0 amide bonds. The first-order valence-electron chi connectivity index (χ1n) is 8.37. The van der Waals surface area contributed by atoms with Gasteiger partial charge < -0.3 is 4.74 Å². The molecule has 2 aromatic carbocycles. The molecule has 3 aromatic rings. The number of hydrogen-bond donors (Lipinski definition) is 0. The molecular weight excluding hydrogens is 352 g/mol. The maximum Gasteiger partial charge on any atom is 0.161 e. The Bertz CT molecular complexity index is 997. The van der Waals surface area contributed by atoms with Gasteiger partial charge in [-0.15, -0.1) is 0 Å². The lowest BCUT2D eigenvalue weighted by Gasteiger charge is -2.15. The number of methoxy groups -OCH3 is 1. The summed E-state index contributed by atoms with van der Waals surface area (Å²) in [5.74, 6) is -0.607. The van der Waals surface area contributed by atoms with Gasteiger partial charge in [0.2, 0.25) is 0 Å². The zero-order valence-corrected chi connectivity index (χ0v) is 15.1. The van der Waals surface area contributed by atoms with E-state index in [2.05, 4.69) is 11.6 Å². The highest BCUT2D eigenvalue weighted by atomic mass is 32.2. The zero-order valence-electron chi connectivity index (χ0n) is 14.3. The molecule has 1 aliphatic rings. The molecule has 1 aliphatic carbocycles. The number of benzene rings is 2. The summed E-state index contributed by atoms with van der Waals surface area (Å²) in [6.45, 7) is 3.94. The first-order chi connectivity index (χ1) is 12.6. The van der Waals surface area contributed by atoms with Gasteiger partial charge in [0.15, 0.2) is 11.6 Å². The van der Waals surface area contributed by atoms with Crippen molar-refractivity contribution >= 4 is 28.7 Å². The Morgan fingerprint density at radius 2 is 1.85 bits per heavy atom. The fourth-order valence-corrected chi connectivity index (χ4v) is 4.08. The van der Waals surface area contributed by atoms with Crippen molar-refractivity contribution in [3.05, 3.63) is 65.9 Å². The van der Waals surface area contributed by atoms with Gasteiger partial charge in [-0.05, 0) is 43.2 Å². The Kier molecular flexibility index (Phi) is 4.41. The predicted octanol–water partition coefficient (Wildman–Crippen LogP) is 6.19. The van der Waals surface area contributed by atoms with E-state index >= 15 is 0 Å². The Morgan fingerprint density at radius 1 is 1.15 bits per heavy atom. The normalized spacial score (nSPS) is 13.8. The number of nitrogens with zero attached hydrogens (tertiary/aromatic N) is 1. The van der Waals surface area contributed by atoms with Gasteiger partial charge in [-0.2, -0.15) is 0 Å². The SMILES string of the molecule is C=Cc1c(C2CC2)nc2cc(F)c(F)cc2c1Sc1ccc(OC)cc1. The molecule has 2 nitrogen and oxygen atoms in total. The number of aromatic nitrogens is 1. The average molecular weight is 369 g/mol. The van der Waals surface area contributed by atoms with Gasteiger partial charge in [0, 0.05) is 32.7 Å². The van der Waals surface area contributed by atoms with E-state index < -0.39 is 11.6 Å². The molecule has 26 heavy (non-hydrogen) atoms. The number of ether oxygens (including phenoxy) is 1. The molecule has 5 heteroatoms. The van der Waals surface area contributed by atoms with Crippen molar-refractivity contribution in [2.45, 2.75) is 28.6 Å². The average Bonchev–Trinajstić information content (AvgIpc) is 3.48. The van der Waals surface area contributed by atoms with Gasteiger partial charge in [0.1, 0.15) is 5.75 Å². The third-order valence-corrected chi connectivity index (χ3v) is 5.64. The Labute approximate surface area is 154 Å². The maximum atomic E-state index is 13.9. The topological polar surface area (TPSA) is 22.1 Å². The van der Waals surface area contributed by atoms with Gasteiger partial charge in [-0.25, -0.2) is 8.78 Å². The van der Waals surface area contributed by atoms with E-state index in [9.17, 15) is 8.78 Å². The van der Waals surface area contributed by atoms with Crippen molar-refractivity contribution in [1.82, 2.24) is 4.98 Å². The molecular formula is C21H17F2NOS. The van der Waals surface area contributed by atoms with E-state index in [1.165, 1.54) is 23.9 Å². The largest absolute Gasteiger partial charge is 0.497 e. The molecule has 0 bridgehead atoms. The van der Waals surface area contributed by atoms with Crippen molar-refractivity contribution in [3.63, 3.8) is 0 Å². The van der Waals surface area contributed by atoms with E-state index in [0.717, 1.165) is 39.6 Å². The van der Waals surface area contributed by atoms with Crippen LogP contribution >= 0.6 is 11.8 Å². The van der Waals surface area contributed by atoms with Crippen LogP contribution < -0.4 is 4.74 Å². The van der Waals surface area contributed by atoms with Gasteiger partial charge in [-0.1, -0.05) is 24.4 Å². The summed E-state index contributed by atoms with van der Waals surface area (Å²) >= 11 is 1.51. The molecule has 1 aromatic heterocycles. The fourth-order valence-electron chi connectivity index (χ4n) is 3.00. The molecule has 1 heterocycles. The van der Waals surface area contributed by atoms with Crippen LogP contribution in [0.4, 0.5) is 8.78 Å². The maximum absolute atomic E-state index is 13.9. The lowest BCUT2D eigenvalue weighted by Crippen LogP contribution is -1.98. The van der Waals surface area contributed by atoms with Gasteiger partial charge >= 0.3 is 0 Å². The summed E-state index contributed by atoms with van der Waals surface area (Å²) in [5, 5.41) is 0.601. The van der Waals surface area contributed by atoms with Crippen LogP contribution in [0, 0.1) is 11.6 Å². The van der Waals surface area contributed by atoms with Gasteiger partial charge in [0.05, 0.1) is 18.3 Å². The molecule has 0 spiro atoms. The molecule has 0 saturated heterocycles. The van der Waals surface area contributed by atoms with Crippen LogP contribution in [0.1, 0.15) is 30.0 Å². The number of halogens is 2. The second-order valence-electron chi connectivity index (χ2n) is 6.28. The predicted molar refractivity (Wildman–Crippen MR) is 101 cm³/mol. The molecule has 132 valence electrons. The highest BCUT2D eigenvalue weighted by Crippen LogP contribution is 2.46. The third kappa shape index (κ3) is 3.07. The van der Waals surface area contributed by atoms with Crippen molar-refractivity contribution in [3.8, 4) is 5.75 Å². The quantitative estimate of drug-likeness (QED) is 0.535. The summed E-state index contributed by atoms with van der Waals surface area (Å²) in [6.07, 6.45) is 3.90. The van der Waals surface area contributed by atoms with Crippen LogP contribution in [-0.4, -0.2) is 12.1 Å². The third-order valence-electron chi connectivity index (χ3n) is 4.49. The van der Waals surface area contributed by atoms with Crippen LogP contribution in [0.3, 0.4) is 0 Å². The van der Waals surface area contributed by atoms with Crippen LogP contribution in [0.2, 0.25) is 0 Å². The summed E-state index contributed by atoms with van der Waals surface area (Å²) in [5.41, 5.74) is 2.31. The minimum Gasteiger partial charge on any atom is -0.497 e. The summed E-state index contributed by atoms with van der Waals surface area (Å²) in [6, 6.07) is 10.1. The van der Waals surface area contributed by atoms with Crippen LogP contribution in [0.25, 0.3) is 17.0 Å². The second-order valence-corrected chi connectivity index (χ2v) is 7.36. The van der Waals surface area contributed by atoms with E-state index in [-0.39, 0.29) is 0 Å². The summed E-state index contributed by atoms with van der Waals surface area (Å²) in [4.78, 5) is 6.47. The van der Waals surface area contributed by atoms with E-state index in [4.69, 9.17) is 4.74 Å². The van der Waals surface area contributed by atoms with E-state index in [1.807, 2.05) is 24.3 Å². The zero-order chi connectivity index (χ0) is 18.3. The highest BCUT2D eigenvalue weighted by molar-refractivity contribution is 7.99. The summed E-state index contributed by atoms with van der Waals surface area (Å²) in [7, 11) is 1.62. The number of hydrogen-bond acceptors (Lipinski definition) is 3. The lowest BCUT2D eigenvalue weighted by molar-refractivity contribution is 0.414. The molecule has 0 radical (unpaired) electrons.